The summed E-state index contributed by atoms with van der Waals surface area (Å²) in [6.07, 6.45) is 1.91. The van der Waals surface area contributed by atoms with Crippen LogP contribution in [0.25, 0.3) is 10.2 Å². The van der Waals surface area contributed by atoms with Crippen molar-refractivity contribution in [2.75, 3.05) is 23.7 Å². The topological polar surface area (TPSA) is 94.5 Å². The molecule has 0 aromatic carbocycles. The van der Waals surface area contributed by atoms with Crippen molar-refractivity contribution in [3.63, 3.8) is 0 Å². The second kappa shape index (κ2) is 6.57. The minimum absolute atomic E-state index is 0.0123. The maximum absolute atomic E-state index is 11.8. The first-order valence-electron chi connectivity index (χ1n) is 8.28. The second-order valence-corrected chi connectivity index (χ2v) is 7.55. The number of pyridine rings is 1. The maximum atomic E-state index is 11.8. The minimum atomic E-state index is -0.0449. The van der Waals surface area contributed by atoms with Crippen molar-refractivity contribution in [2.24, 2.45) is 5.73 Å². The number of nitrogens with two attached hydrogens (primary N) is 2. The Balaban J connectivity index is 2.10. The van der Waals surface area contributed by atoms with Gasteiger partial charge in [-0.15, -0.1) is 11.3 Å². The van der Waals surface area contributed by atoms with Gasteiger partial charge in [-0.25, -0.2) is 4.98 Å². The molecule has 3 rings (SSSR count). The summed E-state index contributed by atoms with van der Waals surface area (Å²) < 4.78 is 5.98. The van der Waals surface area contributed by atoms with Crippen molar-refractivity contribution in [1.82, 2.24) is 4.98 Å². The Hall–Kier alpha value is -1.86. The largest absolute Gasteiger partial charge is 0.490 e. The van der Waals surface area contributed by atoms with E-state index in [2.05, 4.69) is 4.90 Å². The molecule has 0 bridgehead atoms. The highest BCUT2D eigenvalue weighted by atomic mass is 32.1. The van der Waals surface area contributed by atoms with Crippen LogP contribution in [0.3, 0.4) is 0 Å². The predicted molar refractivity (Wildman–Crippen MR) is 99.2 cm³/mol. The molecule has 1 saturated heterocycles. The quantitative estimate of drug-likeness (QED) is 0.825. The lowest BCUT2D eigenvalue weighted by molar-refractivity contribution is 0.102. The van der Waals surface area contributed by atoms with E-state index in [-0.39, 0.29) is 17.9 Å². The van der Waals surface area contributed by atoms with Crippen LogP contribution in [0.1, 0.15) is 43.3 Å². The lowest BCUT2D eigenvalue weighted by atomic mass is 10.1. The number of piperidine rings is 1. The third kappa shape index (κ3) is 3.18. The highest BCUT2D eigenvalue weighted by molar-refractivity contribution is 7.21. The number of carbonyl (C=O) groups is 1. The van der Waals surface area contributed by atoms with Crippen LogP contribution < -0.4 is 21.1 Å². The number of ketones is 1. The van der Waals surface area contributed by atoms with Gasteiger partial charge in [-0.3, -0.25) is 4.79 Å². The highest BCUT2D eigenvalue weighted by Gasteiger charge is 2.23. The fourth-order valence-electron chi connectivity index (χ4n) is 2.97. The number of fused-ring (bicyclic) bond motifs is 1. The van der Waals surface area contributed by atoms with E-state index in [1.165, 1.54) is 18.3 Å². The molecule has 0 spiro atoms. The number of ether oxygens (including phenoxy) is 1. The normalized spacial score (nSPS) is 16.1. The van der Waals surface area contributed by atoms with Crippen molar-refractivity contribution < 1.29 is 9.53 Å². The predicted octanol–water partition coefficient (Wildman–Crippen LogP) is 2.80. The number of Topliss-reactive ketones (excluding diaryl/α,β-unsaturated/α-hetero) is 1. The Bertz CT molecular complexity index is 764. The number of nitrogen functional groups attached to an aromatic ring is 1. The highest BCUT2D eigenvalue weighted by Crippen LogP contribution is 2.41. The van der Waals surface area contributed by atoms with Gasteiger partial charge in [0.15, 0.2) is 5.78 Å². The molecular formula is C17H24N4O2S. The maximum Gasteiger partial charge on any atom is 0.171 e. The Morgan fingerprint density at radius 3 is 2.67 bits per heavy atom. The van der Waals surface area contributed by atoms with Gasteiger partial charge >= 0.3 is 0 Å². The molecular weight excluding hydrogens is 324 g/mol. The van der Waals surface area contributed by atoms with Gasteiger partial charge in [0.1, 0.15) is 16.4 Å². The third-order valence-electron chi connectivity index (χ3n) is 4.20. The molecule has 0 aliphatic carbocycles. The summed E-state index contributed by atoms with van der Waals surface area (Å²) >= 11 is 1.33. The van der Waals surface area contributed by atoms with Crippen LogP contribution >= 0.6 is 11.3 Å². The van der Waals surface area contributed by atoms with Gasteiger partial charge in [0.05, 0.1) is 22.1 Å². The van der Waals surface area contributed by atoms with Gasteiger partial charge in [-0.1, -0.05) is 0 Å². The van der Waals surface area contributed by atoms with E-state index in [0.717, 1.165) is 42.0 Å². The molecule has 1 fully saturated rings. The smallest absolute Gasteiger partial charge is 0.171 e. The average molecular weight is 348 g/mol. The number of carbonyl (C=O) groups excluding carboxylic acids is 1. The van der Waals surface area contributed by atoms with Gasteiger partial charge in [-0.05, 0) is 26.7 Å². The summed E-state index contributed by atoms with van der Waals surface area (Å²) in [7, 11) is 0. The van der Waals surface area contributed by atoms with Crippen LogP contribution in [-0.2, 0) is 0 Å². The first-order valence-corrected chi connectivity index (χ1v) is 9.09. The van der Waals surface area contributed by atoms with E-state index in [1.54, 1.807) is 0 Å². The number of aromatic nitrogens is 1. The molecule has 0 unspecified atom stereocenters. The van der Waals surface area contributed by atoms with Crippen molar-refractivity contribution in [3.05, 3.63) is 10.9 Å². The fourth-order valence-corrected chi connectivity index (χ4v) is 3.97. The lowest BCUT2D eigenvalue weighted by Gasteiger charge is -2.31. The lowest BCUT2D eigenvalue weighted by Crippen LogP contribution is -2.40. The van der Waals surface area contributed by atoms with Crippen LogP contribution in [0.2, 0.25) is 0 Å². The molecule has 0 amide bonds. The molecule has 2 aromatic heterocycles. The van der Waals surface area contributed by atoms with Gasteiger partial charge in [0, 0.05) is 32.1 Å². The third-order valence-corrected chi connectivity index (χ3v) is 5.40. The Labute approximate surface area is 145 Å². The van der Waals surface area contributed by atoms with Gasteiger partial charge in [-0.2, -0.15) is 0 Å². The zero-order valence-corrected chi connectivity index (χ0v) is 15.2. The summed E-state index contributed by atoms with van der Waals surface area (Å²) in [4.78, 5) is 20.1. The first kappa shape index (κ1) is 17.0. The number of hydrogen-bond donors (Lipinski definition) is 2. The molecule has 4 N–H and O–H groups in total. The van der Waals surface area contributed by atoms with Crippen LogP contribution in [-0.4, -0.2) is 36.0 Å². The molecule has 1 aliphatic rings. The van der Waals surface area contributed by atoms with Gasteiger partial charge in [0.25, 0.3) is 0 Å². The van der Waals surface area contributed by atoms with Crippen molar-refractivity contribution in [3.8, 4) is 5.75 Å². The van der Waals surface area contributed by atoms with Crippen LogP contribution in [0.4, 0.5) is 11.5 Å². The number of anilines is 2. The molecule has 0 saturated carbocycles. The van der Waals surface area contributed by atoms with E-state index in [9.17, 15) is 4.79 Å². The Morgan fingerprint density at radius 1 is 1.42 bits per heavy atom. The van der Waals surface area contributed by atoms with E-state index in [0.29, 0.717) is 16.3 Å². The van der Waals surface area contributed by atoms with Crippen molar-refractivity contribution >= 4 is 38.8 Å². The van der Waals surface area contributed by atoms with Gasteiger partial charge < -0.3 is 21.1 Å². The molecule has 0 atom stereocenters. The summed E-state index contributed by atoms with van der Waals surface area (Å²) in [5, 5.41) is 0.747. The summed E-state index contributed by atoms with van der Waals surface area (Å²) in [5.41, 5.74) is 12.7. The van der Waals surface area contributed by atoms with Crippen LogP contribution in [0.15, 0.2) is 6.07 Å². The van der Waals surface area contributed by atoms with Crippen molar-refractivity contribution in [1.29, 1.82) is 0 Å². The minimum Gasteiger partial charge on any atom is -0.490 e. The average Bonchev–Trinajstić information content (AvgIpc) is 2.85. The van der Waals surface area contributed by atoms with E-state index >= 15 is 0 Å². The molecule has 24 heavy (non-hydrogen) atoms. The second-order valence-electron chi connectivity index (χ2n) is 6.55. The molecule has 3 heterocycles. The number of nitrogens with zero attached hydrogens (tertiary/aromatic N) is 2. The molecule has 6 nitrogen and oxygen atoms in total. The van der Waals surface area contributed by atoms with E-state index < -0.39 is 0 Å². The molecule has 130 valence electrons. The number of hydrogen-bond acceptors (Lipinski definition) is 7. The van der Waals surface area contributed by atoms with E-state index in [4.69, 9.17) is 21.2 Å². The molecule has 2 aromatic rings. The zero-order chi connectivity index (χ0) is 17.4. The zero-order valence-electron chi connectivity index (χ0n) is 14.3. The standard InChI is InChI=1S/C17H24N4O2S/c1-9(2)23-12-8-13(21-6-4-11(18)5-7-21)20-17-14(12)15(19)16(24-17)10(3)22/h8-9,11H,4-7,18-19H2,1-3H3. The number of thiophene rings is 1. The summed E-state index contributed by atoms with van der Waals surface area (Å²) in [6.45, 7) is 7.22. The Morgan fingerprint density at radius 2 is 2.08 bits per heavy atom. The van der Waals surface area contributed by atoms with E-state index in [1.807, 2.05) is 19.9 Å². The SMILES string of the molecule is CC(=O)c1sc2nc(N3CCC(N)CC3)cc(OC(C)C)c2c1N. The fraction of sp³-hybridized carbons (Fsp3) is 0.529. The van der Waals surface area contributed by atoms with Gasteiger partial charge in [0.2, 0.25) is 0 Å². The van der Waals surface area contributed by atoms with Crippen LogP contribution in [0, 0.1) is 0 Å². The summed E-state index contributed by atoms with van der Waals surface area (Å²) in [6, 6.07) is 2.20. The summed E-state index contributed by atoms with van der Waals surface area (Å²) in [5.74, 6) is 1.51. The first-order chi connectivity index (χ1) is 11.4. The van der Waals surface area contributed by atoms with Crippen molar-refractivity contribution in [2.45, 2.75) is 45.8 Å². The monoisotopic (exact) mass is 348 g/mol. The Kier molecular flexibility index (Phi) is 4.64. The molecule has 1 aliphatic heterocycles. The molecule has 7 heteroatoms. The number of rotatable bonds is 4. The van der Waals surface area contributed by atoms with Crippen LogP contribution in [0.5, 0.6) is 5.75 Å². The molecule has 0 radical (unpaired) electrons.